The van der Waals surface area contributed by atoms with Gasteiger partial charge in [0.25, 0.3) is 0 Å². The molecule has 0 bridgehead atoms. The summed E-state index contributed by atoms with van der Waals surface area (Å²) in [7, 11) is -5.21. The Hall–Kier alpha value is -1.18. The number of hydrogen-bond donors (Lipinski definition) is 2. The molecule has 0 saturated heterocycles. The molecule has 0 radical (unpaired) electrons. The van der Waals surface area contributed by atoms with Crippen molar-refractivity contribution in [2.75, 3.05) is 19.1 Å². The summed E-state index contributed by atoms with van der Waals surface area (Å²) in [5.41, 5.74) is 8.16. The van der Waals surface area contributed by atoms with Gasteiger partial charge in [-0.05, 0) is 51.0 Å². The predicted octanol–water partition coefficient (Wildman–Crippen LogP) is 3.10. The Labute approximate surface area is 177 Å². The van der Waals surface area contributed by atoms with Gasteiger partial charge in [0.15, 0.2) is 19.7 Å². The van der Waals surface area contributed by atoms with Crippen LogP contribution in [0.3, 0.4) is 0 Å². The van der Waals surface area contributed by atoms with Gasteiger partial charge >= 0.3 is 0 Å². The minimum absolute atomic E-state index is 0.0995. The SMILES string of the molecule is C=CC(=C=C/C=C(\C)S(=O)(=O)CC(N)C(C)(C)[C@@](C)(CCCC)NC)S(C)(=O)=O. The third-order valence-electron chi connectivity index (χ3n) is 5.95. The van der Waals surface area contributed by atoms with Crippen LogP contribution in [0.2, 0.25) is 0 Å². The van der Waals surface area contributed by atoms with E-state index in [4.69, 9.17) is 5.73 Å². The highest BCUT2D eigenvalue weighted by atomic mass is 32.2. The van der Waals surface area contributed by atoms with E-state index in [9.17, 15) is 16.8 Å². The smallest absolute Gasteiger partial charge is 0.182 e. The molecule has 0 aliphatic rings. The molecule has 2 atom stereocenters. The number of rotatable bonds is 12. The molecule has 0 aliphatic heterocycles. The molecule has 168 valence electrons. The summed E-state index contributed by atoms with van der Waals surface area (Å²) < 4.78 is 48.7. The maximum Gasteiger partial charge on any atom is 0.182 e. The van der Waals surface area contributed by atoms with Gasteiger partial charge in [-0.1, -0.05) is 40.2 Å². The second kappa shape index (κ2) is 10.7. The number of allylic oxidation sites excluding steroid dienone is 3. The molecule has 0 saturated carbocycles. The summed E-state index contributed by atoms with van der Waals surface area (Å²) in [5.74, 6) is -0.205. The van der Waals surface area contributed by atoms with E-state index in [-0.39, 0.29) is 21.1 Å². The highest BCUT2D eigenvalue weighted by molar-refractivity contribution is 7.95. The zero-order valence-corrected chi connectivity index (χ0v) is 20.5. The summed E-state index contributed by atoms with van der Waals surface area (Å²) >= 11 is 0. The number of hydrogen-bond acceptors (Lipinski definition) is 6. The Kier molecular flexibility index (Phi) is 10.3. The van der Waals surface area contributed by atoms with Crippen LogP contribution in [0.25, 0.3) is 0 Å². The van der Waals surface area contributed by atoms with Gasteiger partial charge in [-0.25, -0.2) is 16.8 Å². The van der Waals surface area contributed by atoms with E-state index < -0.39 is 31.1 Å². The third-order valence-corrected chi connectivity index (χ3v) is 8.95. The van der Waals surface area contributed by atoms with Gasteiger partial charge in [-0.15, -0.1) is 5.73 Å². The molecule has 6 nitrogen and oxygen atoms in total. The lowest BCUT2D eigenvalue weighted by molar-refractivity contribution is 0.107. The normalized spacial score (nSPS) is 16.5. The predicted molar refractivity (Wildman–Crippen MR) is 123 cm³/mol. The zero-order chi connectivity index (χ0) is 23.1. The lowest BCUT2D eigenvalue weighted by Gasteiger charge is -2.48. The van der Waals surface area contributed by atoms with Crippen LogP contribution in [-0.2, 0) is 19.7 Å². The average molecular weight is 447 g/mol. The minimum Gasteiger partial charge on any atom is -0.326 e. The molecular formula is C21H38N2O4S2. The van der Waals surface area contributed by atoms with Crippen LogP contribution >= 0.6 is 0 Å². The second-order valence-electron chi connectivity index (χ2n) is 8.22. The Morgan fingerprint density at radius 1 is 1.24 bits per heavy atom. The van der Waals surface area contributed by atoms with Crippen molar-refractivity contribution in [1.29, 1.82) is 0 Å². The topological polar surface area (TPSA) is 106 Å². The largest absolute Gasteiger partial charge is 0.326 e. The van der Waals surface area contributed by atoms with E-state index in [1.807, 2.05) is 20.9 Å². The first-order valence-electron chi connectivity index (χ1n) is 9.72. The fourth-order valence-corrected chi connectivity index (χ4v) is 4.96. The Morgan fingerprint density at radius 3 is 2.21 bits per heavy atom. The highest BCUT2D eigenvalue weighted by Crippen LogP contribution is 2.38. The zero-order valence-electron chi connectivity index (χ0n) is 18.9. The summed E-state index contributed by atoms with van der Waals surface area (Å²) in [6.45, 7) is 13.1. The van der Waals surface area contributed by atoms with Gasteiger partial charge < -0.3 is 11.1 Å². The summed E-state index contributed by atoms with van der Waals surface area (Å²) in [6.07, 6.45) is 7.76. The van der Waals surface area contributed by atoms with Crippen LogP contribution in [0.5, 0.6) is 0 Å². The number of unbranched alkanes of at least 4 members (excludes halogenated alkanes) is 1. The fourth-order valence-electron chi connectivity index (χ4n) is 2.95. The summed E-state index contributed by atoms with van der Waals surface area (Å²) in [5, 5.41) is 3.34. The molecule has 0 fully saturated rings. The van der Waals surface area contributed by atoms with E-state index in [1.54, 1.807) is 0 Å². The molecule has 29 heavy (non-hydrogen) atoms. The number of sulfone groups is 2. The van der Waals surface area contributed by atoms with Gasteiger partial charge in [0.2, 0.25) is 0 Å². The van der Waals surface area contributed by atoms with E-state index in [1.165, 1.54) is 19.1 Å². The second-order valence-corrected chi connectivity index (χ2v) is 12.4. The summed E-state index contributed by atoms with van der Waals surface area (Å²) in [6, 6.07) is -0.593. The quantitative estimate of drug-likeness (QED) is 0.352. The van der Waals surface area contributed by atoms with Crippen LogP contribution in [-0.4, -0.2) is 47.5 Å². The van der Waals surface area contributed by atoms with E-state index in [2.05, 4.69) is 31.5 Å². The monoisotopic (exact) mass is 446 g/mol. The van der Waals surface area contributed by atoms with Crippen molar-refractivity contribution in [3.8, 4) is 0 Å². The molecule has 0 aromatic carbocycles. The van der Waals surface area contributed by atoms with E-state index >= 15 is 0 Å². The van der Waals surface area contributed by atoms with Gasteiger partial charge in [0.1, 0.15) is 4.91 Å². The molecule has 0 amide bonds. The first kappa shape index (κ1) is 27.8. The molecular weight excluding hydrogens is 408 g/mol. The Morgan fingerprint density at radius 2 is 1.79 bits per heavy atom. The van der Waals surface area contributed by atoms with Crippen molar-refractivity contribution < 1.29 is 16.8 Å². The van der Waals surface area contributed by atoms with Crippen molar-refractivity contribution in [3.05, 3.63) is 40.3 Å². The molecule has 0 aromatic heterocycles. The molecule has 0 aliphatic carbocycles. The third kappa shape index (κ3) is 7.54. The van der Waals surface area contributed by atoms with Gasteiger partial charge in [0, 0.05) is 22.7 Å². The Bertz CT molecular complexity index is 878. The first-order chi connectivity index (χ1) is 13.1. The van der Waals surface area contributed by atoms with Gasteiger partial charge in [-0.2, -0.15) is 0 Å². The molecule has 0 spiro atoms. The average Bonchev–Trinajstić information content (AvgIpc) is 2.61. The Balaban J connectivity index is 5.73. The molecule has 0 rings (SSSR count). The first-order valence-corrected chi connectivity index (χ1v) is 13.3. The van der Waals surface area contributed by atoms with Crippen molar-refractivity contribution in [2.45, 2.75) is 65.5 Å². The van der Waals surface area contributed by atoms with E-state index in [0.29, 0.717) is 0 Å². The lowest BCUT2D eigenvalue weighted by atomic mass is 9.67. The van der Waals surface area contributed by atoms with Crippen LogP contribution in [0.15, 0.2) is 40.3 Å². The van der Waals surface area contributed by atoms with Crippen LogP contribution in [0.4, 0.5) is 0 Å². The molecule has 3 N–H and O–H groups in total. The molecule has 1 unspecified atom stereocenters. The maximum absolute atomic E-state index is 12.8. The van der Waals surface area contributed by atoms with Crippen molar-refractivity contribution in [3.63, 3.8) is 0 Å². The van der Waals surface area contributed by atoms with E-state index in [0.717, 1.165) is 31.6 Å². The van der Waals surface area contributed by atoms with Gasteiger partial charge in [-0.3, -0.25) is 0 Å². The van der Waals surface area contributed by atoms with Crippen molar-refractivity contribution >= 4 is 19.7 Å². The van der Waals surface area contributed by atoms with Gasteiger partial charge in [0.05, 0.1) is 5.75 Å². The number of nitrogens with two attached hydrogens (primary N) is 1. The standard InChI is InChI=1S/C21H38N2O4S2/c1-9-11-15-21(6,23-7)20(4,5)19(22)16-29(26,27)17(3)13-12-14-18(10-2)28(8,24)25/h10,12-13,19,23H,2,9,11,15-16,22H2,1,3-8H3/b17-13+/t14?,19?,21-/m1/s1. The van der Waals surface area contributed by atoms with Crippen LogP contribution < -0.4 is 11.1 Å². The minimum atomic E-state index is -3.62. The molecule has 0 heterocycles. The van der Waals surface area contributed by atoms with Crippen molar-refractivity contribution in [1.82, 2.24) is 5.32 Å². The fraction of sp³-hybridized carbons (Fsp3) is 0.667. The van der Waals surface area contributed by atoms with Crippen LogP contribution in [0.1, 0.15) is 53.9 Å². The van der Waals surface area contributed by atoms with Crippen LogP contribution in [0, 0.1) is 5.41 Å². The summed E-state index contributed by atoms with van der Waals surface area (Å²) in [4.78, 5) is 0.00498. The highest BCUT2D eigenvalue weighted by Gasteiger charge is 2.44. The van der Waals surface area contributed by atoms with Crippen molar-refractivity contribution in [2.24, 2.45) is 11.1 Å². The lowest BCUT2D eigenvalue weighted by Crippen LogP contribution is -2.61. The number of nitrogens with one attached hydrogen (secondary N) is 1. The molecule has 0 aromatic rings. The molecule has 8 heteroatoms. The maximum atomic E-state index is 12.8.